The lowest BCUT2D eigenvalue weighted by Gasteiger charge is -2.15. The van der Waals surface area contributed by atoms with Gasteiger partial charge in [0.05, 0.1) is 0 Å². The molecule has 1 aliphatic rings. The van der Waals surface area contributed by atoms with Crippen molar-refractivity contribution >= 4 is 0 Å². The van der Waals surface area contributed by atoms with Crippen LogP contribution in [0.1, 0.15) is 5.56 Å². The van der Waals surface area contributed by atoms with Gasteiger partial charge in [0.1, 0.15) is 0 Å². The van der Waals surface area contributed by atoms with Crippen molar-refractivity contribution in [3.8, 4) is 0 Å². The molecule has 3 nitrogen and oxygen atoms in total. The van der Waals surface area contributed by atoms with Crippen molar-refractivity contribution in [2.75, 3.05) is 13.1 Å². The first kappa shape index (κ1) is 9.65. The Kier molecular flexibility index (Phi) is 3.14. The van der Waals surface area contributed by atoms with Crippen LogP contribution in [0.15, 0.2) is 30.3 Å². The number of hydrogen-bond acceptors (Lipinski definition) is 3. The summed E-state index contributed by atoms with van der Waals surface area (Å²) in [6.45, 7) is 2.81. The Labute approximate surface area is 84.7 Å². The quantitative estimate of drug-likeness (QED) is 0.634. The minimum Gasteiger partial charge on any atom is -0.325 e. The molecule has 0 unspecified atom stereocenters. The van der Waals surface area contributed by atoms with E-state index in [2.05, 4.69) is 34.9 Å². The van der Waals surface area contributed by atoms with Crippen molar-refractivity contribution in [3.05, 3.63) is 35.9 Å². The van der Waals surface area contributed by atoms with Crippen LogP contribution in [0.3, 0.4) is 0 Å². The van der Waals surface area contributed by atoms with E-state index in [1.54, 1.807) is 0 Å². The van der Waals surface area contributed by atoms with Gasteiger partial charge in [-0.1, -0.05) is 30.3 Å². The van der Waals surface area contributed by atoms with Crippen LogP contribution in [0, 0.1) is 0 Å². The van der Waals surface area contributed by atoms with Gasteiger partial charge in [0.2, 0.25) is 0 Å². The van der Waals surface area contributed by atoms with E-state index in [4.69, 9.17) is 5.73 Å². The summed E-state index contributed by atoms with van der Waals surface area (Å²) in [5, 5.41) is 6.73. The number of rotatable bonds is 3. The molecule has 0 radical (unpaired) electrons. The zero-order valence-corrected chi connectivity index (χ0v) is 8.24. The van der Waals surface area contributed by atoms with E-state index < -0.39 is 0 Å². The van der Waals surface area contributed by atoms with Gasteiger partial charge in [-0.2, -0.15) is 0 Å². The molecule has 76 valence electrons. The summed E-state index contributed by atoms with van der Waals surface area (Å²) in [4.78, 5) is 0. The molecule has 1 aromatic carbocycles. The third-order valence-electron chi connectivity index (χ3n) is 2.67. The Balaban J connectivity index is 1.82. The van der Waals surface area contributed by atoms with Crippen molar-refractivity contribution in [1.29, 1.82) is 0 Å². The molecule has 0 saturated carbocycles. The molecule has 0 aliphatic carbocycles. The summed E-state index contributed by atoms with van der Waals surface area (Å²) in [5.74, 6) is 0. The Hall–Kier alpha value is -0.900. The van der Waals surface area contributed by atoms with E-state index in [1.807, 2.05) is 6.07 Å². The van der Waals surface area contributed by atoms with Gasteiger partial charge in [-0.25, -0.2) is 0 Å². The molecular weight excluding hydrogens is 174 g/mol. The highest BCUT2D eigenvalue weighted by atomic mass is 15.1. The fraction of sp³-hybridized carbons (Fsp3) is 0.455. The number of benzene rings is 1. The second-order valence-corrected chi connectivity index (χ2v) is 3.80. The van der Waals surface area contributed by atoms with Crippen LogP contribution in [0.5, 0.6) is 0 Å². The van der Waals surface area contributed by atoms with Crippen molar-refractivity contribution in [3.63, 3.8) is 0 Å². The summed E-state index contributed by atoms with van der Waals surface area (Å²) in [7, 11) is 0. The van der Waals surface area contributed by atoms with Crippen LogP contribution in [0.25, 0.3) is 0 Å². The molecule has 1 aliphatic heterocycles. The van der Waals surface area contributed by atoms with E-state index >= 15 is 0 Å². The lowest BCUT2D eigenvalue weighted by Crippen LogP contribution is -2.43. The molecule has 1 saturated heterocycles. The summed E-state index contributed by atoms with van der Waals surface area (Å²) >= 11 is 0. The van der Waals surface area contributed by atoms with Crippen molar-refractivity contribution in [1.82, 2.24) is 10.6 Å². The average molecular weight is 191 g/mol. The summed E-state index contributed by atoms with van der Waals surface area (Å²) in [6.07, 6.45) is 0. The summed E-state index contributed by atoms with van der Waals surface area (Å²) in [5.41, 5.74) is 7.23. The minimum absolute atomic E-state index is 0.249. The predicted molar refractivity (Wildman–Crippen MR) is 57.9 cm³/mol. The number of nitrogens with one attached hydrogen (secondary N) is 2. The number of nitrogens with two attached hydrogens (primary N) is 1. The van der Waals surface area contributed by atoms with Gasteiger partial charge in [0.25, 0.3) is 0 Å². The number of hydrogen-bond donors (Lipinski definition) is 3. The molecule has 0 amide bonds. The van der Waals surface area contributed by atoms with Crippen LogP contribution in [0.2, 0.25) is 0 Å². The lowest BCUT2D eigenvalue weighted by molar-refractivity contribution is 0.500. The Bertz CT molecular complexity index is 273. The topological polar surface area (TPSA) is 50.1 Å². The second kappa shape index (κ2) is 4.55. The van der Waals surface area contributed by atoms with E-state index in [1.165, 1.54) is 5.56 Å². The first-order valence-electron chi connectivity index (χ1n) is 5.10. The van der Waals surface area contributed by atoms with Gasteiger partial charge in [0, 0.05) is 31.7 Å². The lowest BCUT2D eigenvalue weighted by atomic mass is 10.1. The molecule has 1 aromatic rings. The first-order valence-corrected chi connectivity index (χ1v) is 5.10. The zero-order valence-electron chi connectivity index (χ0n) is 8.24. The SMILES string of the molecule is N[C@H]1CNC[C@@H]1NCc1ccccc1. The molecule has 0 spiro atoms. The summed E-state index contributed by atoms with van der Waals surface area (Å²) in [6, 6.07) is 11.1. The van der Waals surface area contributed by atoms with Crippen LogP contribution in [-0.2, 0) is 6.54 Å². The van der Waals surface area contributed by atoms with Crippen molar-refractivity contribution in [2.24, 2.45) is 5.73 Å². The zero-order chi connectivity index (χ0) is 9.80. The fourth-order valence-electron chi connectivity index (χ4n) is 1.77. The summed E-state index contributed by atoms with van der Waals surface area (Å²) < 4.78 is 0. The van der Waals surface area contributed by atoms with Crippen LogP contribution >= 0.6 is 0 Å². The molecule has 1 heterocycles. The molecule has 0 bridgehead atoms. The van der Waals surface area contributed by atoms with Gasteiger partial charge in [-0.05, 0) is 5.56 Å². The highest BCUT2D eigenvalue weighted by Crippen LogP contribution is 2.01. The van der Waals surface area contributed by atoms with E-state index in [9.17, 15) is 0 Å². The maximum absolute atomic E-state index is 5.92. The van der Waals surface area contributed by atoms with Gasteiger partial charge < -0.3 is 16.4 Å². The molecule has 4 N–H and O–H groups in total. The van der Waals surface area contributed by atoms with E-state index in [-0.39, 0.29) is 6.04 Å². The molecule has 1 fully saturated rings. The van der Waals surface area contributed by atoms with Crippen LogP contribution < -0.4 is 16.4 Å². The monoisotopic (exact) mass is 191 g/mol. The Morgan fingerprint density at radius 2 is 2.07 bits per heavy atom. The van der Waals surface area contributed by atoms with Crippen LogP contribution in [-0.4, -0.2) is 25.2 Å². The van der Waals surface area contributed by atoms with Gasteiger partial charge in [0.15, 0.2) is 0 Å². The highest BCUT2D eigenvalue weighted by Gasteiger charge is 2.22. The first-order chi connectivity index (χ1) is 6.86. The normalized spacial score (nSPS) is 26.6. The average Bonchev–Trinajstić information content (AvgIpc) is 2.63. The second-order valence-electron chi connectivity index (χ2n) is 3.80. The largest absolute Gasteiger partial charge is 0.325 e. The molecule has 3 heteroatoms. The van der Waals surface area contributed by atoms with E-state index in [0.717, 1.165) is 19.6 Å². The Morgan fingerprint density at radius 1 is 1.29 bits per heavy atom. The maximum Gasteiger partial charge on any atom is 0.0359 e. The Morgan fingerprint density at radius 3 is 2.71 bits per heavy atom. The smallest absolute Gasteiger partial charge is 0.0359 e. The highest BCUT2D eigenvalue weighted by molar-refractivity contribution is 5.14. The molecular formula is C11H17N3. The molecule has 0 aromatic heterocycles. The van der Waals surface area contributed by atoms with Crippen molar-refractivity contribution in [2.45, 2.75) is 18.6 Å². The van der Waals surface area contributed by atoms with Crippen LogP contribution in [0.4, 0.5) is 0 Å². The molecule has 2 atom stereocenters. The van der Waals surface area contributed by atoms with Gasteiger partial charge >= 0.3 is 0 Å². The fourth-order valence-corrected chi connectivity index (χ4v) is 1.77. The third kappa shape index (κ3) is 2.32. The third-order valence-corrected chi connectivity index (χ3v) is 2.67. The predicted octanol–water partition coefficient (Wildman–Crippen LogP) is 0.0753. The maximum atomic E-state index is 5.92. The van der Waals surface area contributed by atoms with E-state index in [0.29, 0.717) is 6.04 Å². The van der Waals surface area contributed by atoms with Gasteiger partial charge in [-0.15, -0.1) is 0 Å². The minimum atomic E-state index is 0.249. The van der Waals surface area contributed by atoms with Gasteiger partial charge in [-0.3, -0.25) is 0 Å². The van der Waals surface area contributed by atoms with Crippen molar-refractivity contribution < 1.29 is 0 Å². The molecule has 14 heavy (non-hydrogen) atoms. The molecule has 2 rings (SSSR count). The standard InChI is InChI=1S/C11H17N3/c12-10-7-13-8-11(10)14-6-9-4-2-1-3-5-9/h1-5,10-11,13-14H,6-8,12H2/t10-,11-/m0/s1.